The fraction of sp³-hybridized carbons (Fsp3) is 0.150. The summed E-state index contributed by atoms with van der Waals surface area (Å²) in [5.74, 6) is 0.459. The molecule has 3 aromatic rings. The quantitative estimate of drug-likeness (QED) is 0.502. The van der Waals surface area contributed by atoms with Gasteiger partial charge in [-0.15, -0.1) is 6.58 Å². The van der Waals surface area contributed by atoms with E-state index >= 15 is 0 Å². The normalized spacial score (nSPS) is 10.6. The lowest BCUT2D eigenvalue weighted by Crippen LogP contribution is -2.22. The van der Waals surface area contributed by atoms with Crippen LogP contribution in [0.15, 0.2) is 59.9 Å². The van der Waals surface area contributed by atoms with E-state index in [1.807, 2.05) is 6.92 Å². The molecule has 0 spiro atoms. The average Bonchev–Trinajstić information content (AvgIpc) is 2.66. The fourth-order valence-corrected chi connectivity index (χ4v) is 2.96. The standard InChI is InChI=1S/C20H19N3O3S/c1-3-11-23-19(25)16-10-5-13(12-17(16)22-20(23)27)18(24)21-14-6-8-15(9-7-14)26-4-2/h3,5-10,12H,1,4,11H2,2H3,(H,21,24)(H,22,27). The Morgan fingerprint density at radius 1 is 1.30 bits per heavy atom. The van der Waals surface area contributed by atoms with Crippen molar-refractivity contribution in [2.75, 3.05) is 11.9 Å². The highest BCUT2D eigenvalue weighted by Crippen LogP contribution is 2.17. The summed E-state index contributed by atoms with van der Waals surface area (Å²) in [6.45, 7) is 6.45. The summed E-state index contributed by atoms with van der Waals surface area (Å²) in [5, 5.41) is 3.28. The molecule has 0 bridgehead atoms. The van der Waals surface area contributed by atoms with Crippen LogP contribution in [0.25, 0.3) is 10.9 Å². The molecule has 0 radical (unpaired) electrons. The zero-order chi connectivity index (χ0) is 19.4. The SMILES string of the molecule is C=CCn1c(=S)[nH]c2cc(C(=O)Nc3ccc(OCC)cc3)ccc2c1=O. The Hall–Kier alpha value is -3.19. The molecular formula is C20H19N3O3S. The maximum atomic E-state index is 12.5. The monoisotopic (exact) mass is 381 g/mol. The first-order valence-electron chi connectivity index (χ1n) is 8.45. The molecule has 2 aromatic carbocycles. The molecule has 0 saturated carbocycles. The van der Waals surface area contributed by atoms with E-state index in [-0.39, 0.29) is 16.2 Å². The molecule has 0 aliphatic heterocycles. The third-order valence-corrected chi connectivity index (χ3v) is 4.30. The Kier molecular flexibility index (Phi) is 5.52. The fourth-order valence-electron chi connectivity index (χ4n) is 2.70. The number of nitrogens with zero attached hydrogens (tertiary/aromatic N) is 1. The van der Waals surface area contributed by atoms with Crippen LogP contribution in [0.3, 0.4) is 0 Å². The van der Waals surface area contributed by atoms with Crippen molar-refractivity contribution in [2.24, 2.45) is 0 Å². The summed E-state index contributed by atoms with van der Waals surface area (Å²) in [7, 11) is 0. The molecule has 27 heavy (non-hydrogen) atoms. The number of rotatable bonds is 6. The van der Waals surface area contributed by atoms with Crippen molar-refractivity contribution in [3.63, 3.8) is 0 Å². The molecule has 1 amide bonds. The van der Waals surface area contributed by atoms with Gasteiger partial charge in [0.1, 0.15) is 5.75 Å². The summed E-state index contributed by atoms with van der Waals surface area (Å²) in [5.41, 5.74) is 1.37. The first-order chi connectivity index (χ1) is 13.0. The predicted molar refractivity (Wildman–Crippen MR) is 109 cm³/mol. The van der Waals surface area contributed by atoms with Gasteiger partial charge in [0.2, 0.25) is 0 Å². The Bertz CT molecular complexity index is 1110. The van der Waals surface area contributed by atoms with Crippen molar-refractivity contribution < 1.29 is 9.53 Å². The van der Waals surface area contributed by atoms with Gasteiger partial charge in [-0.1, -0.05) is 6.08 Å². The van der Waals surface area contributed by atoms with Gasteiger partial charge in [0.05, 0.1) is 17.5 Å². The van der Waals surface area contributed by atoms with Crippen molar-refractivity contribution in [1.29, 1.82) is 0 Å². The molecule has 0 fully saturated rings. The first kappa shape index (κ1) is 18.6. The van der Waals surface area contributed by atoms with Crippen LogP contribution in [0, 0.1) is 4.77 Å². The number of amides is 1. The molecule has 138 valence electrons. The van der Waals surface area contributed by atoms with Crippen LogP contribution in [-0.4, -0.2) is 22.1 Å². The molecule has 7 heteroatoms. The maximum absolute atomic E-state index is 12.5. The second-order valence-electron chi connectivity index (χ2n) is 5.81. The number of benzene rings is 2. The number of hydrogen-bond acceptors (Lipinski definition) is 4. The van der Waals surface area contributed by atoms with Crippen molar-refractivity contribution in [3.05, 3.63) is 75.8 Å². The first-order valence-corrected chi connectivity index (χ1v) is 8.86. The van der Waals surface area contributed by atoms with Gasteiger partial charge in [-0.05, 0) is 61.6 Å². The van der Waals surface area contributed by atoms with E-state index in [1.165, 1.54) is 4.57 Å². The lowest BCUT2D eigenvalue weighted by molar-refractivity contribution is 0.102. The van der Waals surface area contributed by atoms with Crippen LogP contribution in [-0.2, 0) is 6.54 Å². The molecule has 1 aromatic heterocycles. The molecule has 3 rings (SSSR count). The highest BCUT2D eigenvalue weighted by atomic mass is 32.1. The lowest BCUT2D eigenvalue weighted by atomic mass is 10.1. The minimum Gasteiger partial charge on any atom is -0.494 e. The molecule has 0 atom stereocenters. The van der Waals surface area contributed by atoms with Crippen LogP contribution >= 0.6 is 12.2 Å². The van der Waals surface area contributed by atoms with Crippen LogP contribution in [0.5, 0.6) is 5.75 Å². The van der Waals surface area contributed by atoms with E-state index in [2.05, 4.69) is 16.9 Å². The minimum atomic E-state index is -0.282. The van der Waals surface area contributed by atoms with Gasteiger partial charge in [-0.25, -0.2) is 0 Å². The summed E-state index contributed by atoms with van der Waals surface area (Å²) in [6, 6.07) is 12.0. The number of hydrogen-bond donors (Lipinski definition) is 2. The van der Waals surface area contributed by atoms with Gasteiger partial charge in [0.15, 0.2) is 4.77 Å². The van der Waals surface area contributed by atoms with Crippen LogP contribution in [0.1, 0.15) is 17.3 Å². The highest BCUT2D eigenvalue weighted by Gasteiger charge is 2.10. The topological polar surface area (TPSA) is 76.1 Å². The number of aromatic nitrogens is 2. The molecule has 0 saturated heterocycles. The number of fused-ring (bicyclic) bond motifs is 1. The maximum Gasteiger partial charge on any atom is 0.262 e. The number of nitrogens with one attached hydrogen (secondary N) is 2. The molecule has 0 aliphatic carbocycles. The van der Waals surface area contributed by atoms with E-state index in [9.17, 15) is 9.59 Å². The highest BCUT2D eigenvalue weighted by molar-refractivity contribution is 7.71. The summed E-state index contributed by atoms with van der Waals surface area (Å²) in [4.78, 5) is 28.0. The van der Waals surface area contributed by atoms with E-state index in [0.717, 1.165) is 5.75 Å². The van der Waals surface area contributed by atoms with Crippen LogP contribution in [0.2, 0.25) is 0 Å². The number of aromatic amines is 1. The Morgan fingerprint density at radius 3 is 2.70 bits per heavy atom. The largest absolute Gasteiger partial charge is 0.494 e. The van der Waals surface area contributed by atoms with Gasteiger partial charge in [-0.3, -0.25) is 14.2 Å². The number of allylic oxidation sites excluding steroid dienone is 1. The Morgan fingerprint density at radius 2 is 2.04 bits per heavy atom. The Balaban J connectivity index is 1.89. The third-order valence-electron chi connectivity index (χ3n) is 3.98. The predicted octanol–water partition coefficient (Wildman–Crippen LogP) is 3.90. The summed E-state index contributed by atoms with van der Waals surface area (Å²) >= 11 is 5.23. The van der Waals surface area contributed by atoms with Gasteiger partial charge in [0.25, 0.3) is 11.5 Å². The van der Waals surface area contributed by atoms with Crippen LogP contribution in [0.4, 0.5) is 5.69 Å². The molecule has 0 aliphatic rings. The molecule has 0 unspecified atom stereocenters. The number of anilines is 1. The zero-order valence-corrected chi connectivity index (χ0v) is 15.6. The second-order valence-corrected chi connectivity index (χ2v) is 6.19. The van der Waals surface area contributed by atoms with Gasteiger partial charge in [-0.2, -0.15) is 0 Å². The van der Waals surface area contributed by atoms with E-state index < -0.39 is 0 Å². The van der Waals surface area contributed by atoms with E-state index in [4.69, 9.17) is 17.0 Å². The van der Waals surface area contributed by atoms with Crippen molar-refractivity contribution in [3.8, 4) is 5.75 Å². The number of ether oxygens (including phenoxy) is 1. The number of H-pyrrole nitrogens is 1. The molecular weight excluding hydrogens is 362 g/mol. The van der Waals surface area contributed by atoms with Gasteiger partial charge >= 0.3 is 0 Å². The van der Waals surface area contributed by atoms with E-state index in [1.54, 1.807) is 48.5 Å². The third kappa shape index (κ3) is 3.98. The van der Waals surface area contributed by atoms with E-state index in [0.29, 0.717) is 35.3 Å². The smallest absolute Gasteiger partial charge is 0.262 e. The zero-order valence-electron chi connectivity index (χ0n) is 14.8. The summed E-state index contributed by atoms with van der Waals surface area (Å²) in [6.07, 6.45) is 1.61. The number of carbonyl (C=O) groups is 1. The van der Waals surface area contributed by atoms with Gasteiger partial charge < -0.3 is 15.0 Å². The molecule has 2 N–H and O–H groups in total. The average molecular weight is 381 g/mol. The molecule has 1 heterocycles. The minimum absolute atomic E-state index is 0.216. The van der Waals surface area contributed by atoms with Crippen molar-refractivity contribution in [1.82, 2.24) is 9.55 Å². The van der Waals surface area contributed by atoms with Crippen LogP contribution < -0.4 is 15.6 Å². The van der Waals surface area contributed by atoms with Crippen molar-refractivity contribution >= 4 is 34.7 Å². The molecule has 6 nitrogen and oxygen atoms in total. The van der Waals surface area contributed by atoms with Crippen molar-refractivity contribution in [2.45, 2.75) is 13.5 Å². The van der Waals surface area contributed by atoms with Gasteiger partial charge in [0, 0.05) is 17.8 Å². The number of carbonyl (C=O) groups excluding carboxylic acids is 1. The lowest BCUT2D eigenvalue weighted by Gasteiger charge is -2.09. The Labute approximate surface area is 161 Å². The second kappa shape index (κ2) is 8.01. The summed E-state index contributed by atoms with van der Waals surface area (Å²) < 4.78 is 7.09.